The van der Waals surface area contributed by atoms with Crippen molar-refractivity contribution >= 4 is 23.2 Å². The van der Waals surface area contributed by atoms with E-state index >= 15 is 0 Å². The van der Waals surface area contributed by atoms with E-state index in [0.29, 0.717) is 21.8 Å². The molecule has 0 aliphatic heterocycles. The molecule has 6 heteroatoms. The highest BCUT2D eigenvalue weighted by molar-refractivity contribution is 6.30. The highest BCUT2D eigenvalue weighted by Gasteiger charge is 2.14. The van der Waals surface area contributed by atoms with Gasteiger partial charge in [-0.05, 0) is 25.1 Å². The number of nitrogens with one attached hydrogen (secondary N) is 1. The van der Waals surface area contributed by atoms with Crippen molar-refractivity contribution in [1.82, 2.24) is 9.78 Å². The van der Waals surface area contributed by atoms with Crippen LogP contribution < -0.4 is 5.32 Å². The van der Waals surface area contributed by atoms with Crippen LogP contribution in [-0.2, 0) is 7.05 Å². The summed E-state index contributed by atoms with van der Waals surface area (Å²) in [6, 6.07) is 4.97. The summed E-state index contributed by atoms with van der Waals surface area (Å²) in [6.45, 7) is 1.55. The molecule has 2 N–H and O–H groups in total. The van der Waals surface area contributed by atoms with Gasteiger partial charge in [-0.25, -0.2) is 0 Å². The van der Waals surface area contributed by atoms with Crippen molar-refractivity contribution in [1.29, 1.82) is 0 Å². The van der Waals surface area contributed by atoms with Crippen LogP contribution >= 0.6 is 11.6 Å². The number of carbonyl (C=O) groups excluding carboxylic acids is 1. The van der Waals surface area contributed by atoms with Gasteiger partial charge in [0, 0.05) is 23.3 Å². The maximum Gasteiger partial charge on any atom is 0.259 e. The Morgan fingerprint density at radius 3 is 2.90 bits per heavy atom. The van der Waals surface area contributed by atoms with Crippen LogP contribution in [0.15, 0.2) is 24.4 Å². The molecule has 0 radical (unpaired) electrons. The lowest BCUT2D eigenvalue weighted by atomic mass is 10.1. The molecule has 2 aromatic rings. The zero-order valence-electron chi connectivity index (χ0n) is 11.6. The Bertz CT molecular complexity index is 741. The van der Waals surface area contributed by atoms with Gasteiger partial charge in [0.2, 0.25) is 0 Å². The number of halogens is 1. The minimum absolute atomic E-state index is 0.262. The summed E-state index contributed by atoms with van der Waals surface area (Å²) in [4.78, 5) is 12.3. The Balaban J connectivity index is 2.31. The van der Waals surface area contributed by atoms with Crippen molar-refractivity contribution < 1.29 is 9.90 Å². The number of amides is 1. The summed E-state index contributed by atoms with van der Waals surface area (Å²) >= 11 is 5.92. The van der Waals surface area contributed by atoms with E-state index in [4.69, 9.17) is 16.7 Å². The van der Waals surface area contributed by atoms with E-state index in [1.807, 2.05) is 6.92 Å². The molecule has 1 amide bonds. The number of rotatable bonds is 2. The van der Waals surface area contributed by atoms with Crippen LogP contribution in [0.4, 0.5) is 5.69 Å². The molecule has 0 bridgehead atoms. The van der Waals surface area contributed by atoms with Gasteiger partial charge in [0.1, 0.15) is 6.61 Å². The fourth-order valence-corrected chi connectivity index (χ4v) is 1.95. The van der Waals surface area contributed by atoms with Gasteiger partial charge in [-0.1, -0.05) is 23.4 Å². The van der Waals surface area contributed by atoms with Crippen LogP contribution in [0, 0.1) is 18.8 Å². The number of aliphatic hydroxyl groups excluding tert-OH is 1. The first-order valence-electron chi connectivity index (χ1n) is 6.22. The van der Waals surface area contributed by atoms with Crippen LogP contribution in [-0.4, -0.2) is 27.4 Å². The van der Waals surface area contributed by atoms with Gasteiger partial charge in [-0.15, -0.1) is 0 Å². The molecule has 2 rings (SSSR count). The van der Waals surface area contributed by atoms with Gasteiger partial charge in [0.15, 0.2) is 0 Å². The second kappa shape index (κ2) is 6.44. The highest BCUT2D eigenvalue weighted by atomic mass is 35.5. The zero-order valence-corrected chi connectivity index (χ0v) is 12.4. The quantitative estimate of drug-likeness (QED) is 0.834. The molecule has 0 aliphatic carbocycles. The van der Waals surface area contributed by atoms with Gasteiger partial charge in [-0.2, -0.15) is 5.10 Å². The molecule has 0 saturated carbocycles. The number of nitrogens with zero attached hydrogens (tertiary/aromatic N) is 2. The third-order valence-corrected chi connectivity index (χ3v) is 3.25. The molecule has 0 fully saturated rings. The van der Waals surface area contributed by atoms with Crippen LogP contribution in [0.5, 0.6) is 0 Å². The Hall–Kier alpha value is -2.29. The third kappa shape index (κ3) is 3.43. The minimum atomic E-state index is -0.269. The van der Waals surface area contributed by atoms with Crippen molar-refractivity contribution in [2.45, 2.75) is 6.92 Å². The fraction of sp³-hybridized carbons (Fsp3) is 0.200. The number of hydrogen-bond acceptors (Lipinski definition) is 3. The average molecular weight is 304 g/mol. The van der Waals surface area contributed by atoms with Crippen molar-refractivity contribution in [2.24, 2.45) is 7.05 Å². The van der Waals surface area contributed by atoms with Gasteiger partial charge in [0.25, 0.3) is 5.91 Å². The summed E-state index contributed by atoms with van der Waals surface area (Å²) in [7, 11) is 1.77. The van der Waals surface area contributed by atoms with Crippen molar-refractivity contribution in [3.63, 3.8) is 0 Å². The first kappa shape index (κ1) is 15.1. The van der Waals surface area contributed by atoms with Crippen molar-refractivity contribution in [2.75, 3.05) is 11.9 Å². The summed E-state index contributed by atoms with van der Waals surface area (Å²) in [5, 5.41) is 16.1. The number of aliphatic hydroxyl groups is 1. The monoisotopic (exact) mass is 303 g/mol. The van der Waals surface area contributed by atoms with Gasteiger partial charge in [0.05, 0.1) is 17.4 Å². The second-order valence-corrected chi connectivity index (χ2v) is 4.81. The largest absolute Gasteiger partial charge is 0.384 e. The van der Waals surface area contributed by atoms with Crippen LogP contribution in [0.25, 0.3) is 0 Å². The number of benzene rings is 1. The summed E-state index contributed by atoms with van der Waals surface area (Å²) in [5.41, 5.74) is 2.35. The van der Waals surface area contributed by atoms with E-state index in [9.17, 15) is 4.79 Å². The third-order valence-electron chi connectivity index (χ3n) is 3.01. The average Bonchev–Trinajstić information content (AvgIpc) is 2.79. The number of anilines is 1. The molecule has 21 heavy (non-hydrogen) atoms. The molecular weight excluding hydrogens is 290 g/mol. The number of hydrogen-bond donors (Lipinski definition) is 2. The van der Waals surface area contributed by atoms with Crippen molar-refractivity contribution in [3.05, 3.63) is 46.2 Å². The first-order valence-corrected chi connectivity index (χ1v) is 6.60. The Kier molecular flexibility index (Phi) is 4.63. The van der Waals surface area contributed by atoms with Crippen molar-refractivity contribution in [3.8, 4) is 11.8 Å². The Labute approximate surface area is 127 Å². The number of aromatic nitrogens is 2. The normalized spacial score (nSPS) is 9.90. The minimum Gasteiger partial charge on any atom is -0.384 e. The van der Waals surface area contributed by atoms with E-state index in [2.05, 4.69) is 22.3 Å². The van der Waals surface area contributed by atoms with E-state index in [0.717, 1.165) is 5.69 Å². The second-order valence-electron chi connectivity index (χ2n) is 4.37. The molecule has 0 atom stereocenters. The van der Waals surface area contributed by atoms with E-state index in [-0.39, 0.29) is 12.5 Å². The smallest absolute Gasteiger partial charge is 0.259 e. The number of aryl methyl sites for hydroxylation is 1. The van der Waals surface area contributed by atoms with Gasteiger partial charge in [-0.3, -0.25) is 9.48 Å². The number of carbonyl (C=O) groups is 1. The summed E-state index contributed by atoms with van der Waals surface area (Å²) in [5.74, 6) is 5.03. The molecule has 1 heterocycles. The van der Waals surface area contributed by atoms with E-state index in [1.54, 1.807) is 29.9 Å². The topological polar surface area (TPSA) is 67.2 Å². The predicted octanol–water partition coefficient (Wildman–Crippen LogP) is 1.98. The highest BCUT2D eigenvalue weighted by Crippen LogP contribution is 2.21. The molecular formula is C15H14ClN3O2. The molecule has 5 nitrogen and oxygen atoms in total. The SMILES string of the molecule is Cc1c(C(=O)Nc2ccc(Cl)cc2C#CCO)cnn1C. The van der Waals surface area contributed by atoms with E-state index in [1.165, 1.54) is 6.20 Å². The molecule has 1 aromatic heterocycles. The molecule has 0 saturated heterocycles. The van der Waals surface area contributed by atoms with Gasteiger partial charge >= 0.3 is 0 Å². The lowest BCUT2D eigenvalue weighted by Gasteiger charge is -2.08. The molecule has 0 unspecified atom stereocenters. The lowest BCUT2D eigenvalue weighted by Crippen LogP contribution is -2.13. The summed E-state index contributed by atoms with van der Waals surface area (Å²) in [6.07, 6.45) is 1.51. The zero-order chi connectivity index (χ0) is 15.4. The van der Waals surface area contributed by atoms with Crippen LogP contribution in [0.3, 0.4) is 0 Å². The summed E-state index contributed by atoms with van der Waals surface area (Å²) < 4.78 is 1.63. The fourth-order valence-electron chi connectivity index (χ4n) is 1.77. The lowest BCUT2D eigenvalue weighted by molar-refractivity contribution is 0.102. The molecule has 0 aliphatic rings. The standard InChI is InChI=1S/C15H14ClN3O2/c1-10-13(9-17-19(10)2)15(21)18-14-6-5-12(16)8-11(14)4-3-7-20/h5-6,8-9,20H,7H2,1-2H3,(H,18,21). The molecule has 108 valence electrons. The molecule has 1 aromatic carbocycles. The first-order chi connectivity index (χ1) is 10.0. The van der Waals surface area contributed by atoms with E-state index < -0.39 is 0 Å². The molecule has 0 spiro atoms. The van der Waals surface area contributed by atoms with Crippen LogP contribution in [0.2, 0.25) is 5.02 Å². The Morgan fingerprint density at radius 1 is 1.52 bits per heavy atom. The maximum atomic E-state index is 12.3. The van der Waals surface area contributed by atoms with Crippen LogP contribution in [0.1, 0.15) is 21.6 Å². The maximum absolute atomic E-state index is 12.3. The predicted molar refractivity (Wildman–Crippen MR) is 81.3 cm³/mol. The Morgan fingerprint density at radius 2 is 2.29 bits per heavy atom. The van der Waals surface area contributed by atoms with Gasteiger partial charge < -0.3 is 10.4 Å².